The van der Waals surface area contributed by atoms with Gasteiger partial charge < -0.3 is 20.7 Å². The van der Waals surface area contributed by atoms with Crippen LogP contribution in [-0.4, -0.2) is 48.7 Å². The normalized spacial score (nSPS) is 19.7. The predicted octanol–water partition coefficient (Wildman–Crippen LogP) is -0.0287. The summed E-state index contributed by atoms with van der Waals surface area (Å²) >= 11 is 3.38. The van der Waals surface area contributed by atoms with E-state index < -0.39 is 11.9 Å². The van der Waals surface area contributed by atoms with Gasteiger partial charge in [-0.3, -0.25) is 4.79 Å². The Hall–Kier alpha value is -1.41. The standard InChI is InChI=1S/C10H14BrN5O2/c1-13-10-14-4-6(11)9(15-10)16-2-3-18-5-7(16)8(12)17/h4,7H,2-3,5H2,1H3,(H2,12,17)(H,13,14,15). The summed E-state index contributed by atoms with van der Waals surface area (Å²) in [6.07, 6.45) is 1.64. The molecule has 2 rings (SSSR count). The maximum atomic E-state index is 11.4. The minimum absolute atomic E-state index is 0.278. The number of morpholine rings is 1. The van der Waals surface area contributed by atoms with E-state index in [4.69, 9.17) is 10.5 Å². The highest BCUT2D eigenvalue weighted by atomic mass is 79.9. The van der Waals surface area contributed by atoms with Crippen LogP contribution in [0, 0.1) is 0 Å². The lowest BCUT2D eigenvalue weighted by Gasteiger charge is -2.34. The second-order valence-corrected chi connectivity index (χ2v) is 4.66. The van der Waals surface area contributed by atoms with Crippen LogP contribution >= 0.6 is 15.9 Å². The molecule has 7 nitrogen and oxygen atoms in total. The van der Waals surface area contributed by atoms with Crippen LogP contribution in [0.4, 0.5) is 11.8 Å². The van der Waals surface area contributed by atoms with Gasteiger partial charge >= 0.3 is 0 Å². The van der Waals surface area contributed by atoms with Gasteiger partial charge in [-0.15, -0.1) is 0 Å². The molecule has 98 valence electrons. The van der Waals surface area contributed by atoms with E-state index in [0.717, 1.165) is 4.47 Å². The Labute approximate surface area is 113 Å². The molecule has 0 bridgehead atoms. The molecule has 1 saturated heterocycles. The molecule has 0 spiro atoms. The maximum absolute atomic E-state index is 11.4. The second-order valence-electron chi connectivity index (χ2n) is 3.80. The van der Waals surface area contributed by atoms with Crippen LogP contribution in [0.1, 0.15) is 0 Å². The summed E-state index contributed by atoms with van der Waals surface area (Å²) in [6.45, 7) is 1.38. The Kier molecular flexibility index (Phi) is 3.97. The second kappa shape index (κ2) is 5.49. The molecule has 1 aromatic rings. The third kappa shape index (κ3) is 2.54. The molecule has 3 N–H and O–H groups in total. The Balaban J connectivity index is 2.35. The van der Waals surface area contributed by atoms with Crippen LogP contribution in [0.25, 0.3) is 0 Å². The fourth-order valence-corrected chi connectivity index (χ4v) is 2.19. The number of primary amides is 1. The van der Waals surface area contributed by atoms with E-state index in [1.165, 1.54) is 0 Å². The molecule has 0 saturated carbocycles. The van der Waals surface area contributed by atoms with E-state index in [0.29, 0.717) is 24.9 Å². The van der Waals surface area contributed by atoms with Crippen LogP contribution in [0.5, 0.6) is 0 Å². The average molecular weight is 316 g/mol. The first-order valence-corrected chi connectivity index (χ1v) is 6.26. The molecule has 0 aromatic carbocycles. The van der Waals surface area contributed by atoms with Crippen molar-refractivity contribution in [3.63, 3.8) is 0 Å². The number of aromatic nitrogens is 2. The maximum Gasteiger partial charge on any atom is 0.242 e. The Morgan fingerprint density at radius 3 is 3.17 bits per heavy atom. The predicted molar refractivity (Wildman–Crippen MR) is 70.4 cm³/mol. The fourth-order valence-electron chi connectivity index (χ4n) is 1.77. The molecule has 0 aliphatic carbocycles. The van der Waals surface area contributed by atoms with Crippen LogP contribution in [-0.2, 0) is 9.53 Å². The van der Waals surface area contributed by atoms with Crippen molar-refractivity contribution in [1.82, 2.24) is 9.97 Å². The zero-order valence-corrected chi connectivity index (χ0v) is 11.5. The van der Waals surface area contributed by atoms with Crippen molar-refractivity contribution in [1.29, 1.82) is 0 Å². The molecule has 18 heavy (non-hydrogen) atoms. The fraction of sp³-hybridized carbons (Fsp3) is 0.500. The van der Waals surface area contributed by atoms with Crippen molar-refractivity contribution in [2.75, 3.05) is 37.0 Å². The van der Waals surface area contributed by atoms with Crippen molar-refractivity contribution in [2.24, 2.45) is 5.73 Å². The number of anilines is 2. The number of rotatable bonds is 3. The van der Waals surface area contributed by atoms with Gasteiger partial charge in [-0.1, -0.05) is 0 Å². The molecular formula is C10H14BrN5O2. The number of hydrogen-bond donors (Lipinski definition) is 2. The van der Waals surface area contributed by atoms with Gasteiger partial charge in [0.05, 0.1) is 17.7 Å². The highest BCUT2D eigenvalue weighted by molar-refractivity contribution is 9.10. The average Bonchev–Trinajstić information content (AvgIpc) is 2.39. The van der Waals surface area contributed by atoms with Gasteiger partial charge in [-0.2, -0.15) is 4.98 Å². The van der Waals surface area contributed by atoms with E-state index in [2.05, 4.69) is 31.2 Å². The molecule has 1 amide bonds. The zero-order valence-electron chi connectivity index (χ0n) is 9.89. The number of halogens is 1. The van der Waals surface area contributed by atoms with Crippen LogP contribution in [0.2, 0.25) is 0 Å². The summed E-state index contributed by atoms with van der Waals surface area (Å²) in [5.41, 5.74) is 5.38. The molecule has 1 unspecified atom stereocenters. The molecule has 0 radical (unpaired) electrons. The Morgan fingerprint density at radius 2 is 2.50 bits per heavy atom. The van der Waals surface area contributed by atoms with E-state index in [-0.39, 0.29) is 6.61 Å². The zero-order chi connectivity index (χ0) is 13.1. The highest BCUT2D eigenvalue weighted by Crippen LogP contribution is 2.27. The quantitative estimate of drug-likeness (QED) is 0.813. The summed E-state index contributed by atoms with van der Waals surface area (Å²) in [7, 11) is 1.73. The van der Waals surface area contributed by atoms with Crippen molar-refractivity contribution in [2.45, 2.75) is 6.04 Å². The number of hydrogen-bond acceptors (Lipinski definition) is 6. The van der Waals surface area contributed by atoms with Crippen molar-refractivity contribution < 1.29 is 9.53 Å². The first-order chi connectivity index (χ1) is 8.63. The molecule has 1 atom stereocenters. The Morgan fingerprint density at radius 1 is 1.72 bits per heavy atom. The lowest BCUT2D eigenvalue weighted by Crippen LogP contribution is -2.53. The SMILES string of the molecule is CNc1ncc(Br)c(N2CCOCC2C(N)=O)n1. The molecule has 1 aliphatic heterocycles. The lowest BCUT2D eigenvalue weighted by atomic mass is 10.2. The van der Waals surface area contributed by atoms with Crippen molar-refractivity contribution in [3.8, 4) is 0 Å². The number of amides is 1. The highest BCUT2D eigenvalue weighted by Gasteiger charge is 2.30. The molecule has 1 aromatic heterocycles. The minimum atomic E-state index is -0.505. The minimum Gasteiger partial charge on any atom is -0.377 e. The first-order valence-electron chi connectivity index (χ1n) is 5.47. The largest absolute Gasteiger partial charge is 0.377 e. The number of nitrogens with zero attached hydrogens (tertiary/aromatic N) is 3. The molecule has 8 heteroatoms. The van der Waals surface area contributed by atoms with Gasteiger partial charge in [0.15, 0.2) is 0 Å². The summed E-state index contributed by atoms with van der Waals surface area (Å²) in [5.74, 6) is 0.704. The molecule has 2 heterocycles. The van der Waals surface area contributed by atoms with E-state index in [9.17, 15) is 4.79 Å². The third-order valence-electron chi connectivity index (χ3n) is 2.68. The monoisotopic (exact) mass is 315 g/mol. The Bertz CT molecular complexity index is 456. The molecule has 1 aliphatic rings. The molecular weight excluding hydrogens is 302 g/mol. The lowest BCUT2D eigenvalue weighted by molar-refractivity contribution is -0.121. The van der Waals surface area contributed by atoms with Gasteiger partial charge in [0.25, 0.3) is 0 Å². The third-order valence-corrected chi connectivity index (χ3v) is 3.24. The van der Waals surface area contributed by atoms with Gasteiger partial charge in [0.2, 0.25) is 11.9 Å². The van der Waals surface area contributed by atoms with Crippen molar-refractivity contribution in [3.05, 3.63) is 10.7 Å². The summed E-state index contributed by atoms with van der Waals surface area (Å²) in [6, 6.07) is -0.505. The number of carbonyl (C=O) groups is 1. The molecule has 1 fully saturated rings. The number of ether oxygens (including phenoxy) is 1. The van der Waals surface area contributed by atoms with Crippen molar-refractivity contribution >= 4 is 33.6 Å². The summed E-state index contributed by atoms with van der Waals surface area (Å²) < 4.78 is 5.99. The van der Waals surface area contributed by atoms with Gasteiger partial charge in [0, 0.05) is 19.8 Å². The van der Waals surface area contributed by atoms with Gasteiger partial charge in [0.1, 0.15) is 11.9 Å². The van der Waals surface area contributed by atoms with Gasteiger partial charge in [-0.05, 0) is 15.9 Å². The number of nitrogens with two attached hydrogens (primary N) is 1. The van der Waals surface area contributed by atoms with E-state index >= 15 is 0 Å². The van der Waals surface area contributed by atoms with E-state index in [1.807, 2.05) is 4.90 Å². The smallest absolute Gasteiger partial charge is 0.242 e. The summed E-state index contributed by atoms with van der Waals surface area (Å²) in [5, 5.41) is 2.86. The van der Waals surface area contributed by atoms with Crippen LogP contribution < -0.4 is 16.0 Å². The summed E-state index contributed by atoms with van der Waals surface area (Å²) in [4.78, 5) is 21.7. The number of nitrogens with one attached hydrogen (secondary N) is 1. The number of carbonyl (C=O) groups excluding carboxylic acids is 1. The van der Waals surface area contributed by atoms with Crippen LogP contribution in [0.3, 0.4) is 0 Å². The topological polar surface area (TPSA) is 93.4 Å². The first kappa shape index (κ1) is 13.0. The van der Waals surface area contributed by atoms with Crippen LogP contribution in [0.15, 0.2) is 10.7 Å². The van der Waals surface area contributed by atoms with Gasteiger partial charge in [-0.25, -0.2) is 4.98 Å². The van der Waals surface area contributed by atoms with E-state index in [1.54, 1.807) is 13.2 Å².